The van der Waals surface area contributed by atoms with Crippen molar-refractivity contribution in [2.45, 2.75) is 16.3 Å². The van der Waals surface area contributed by atoms with E-state index in [0.717, 1.165) is 6.26 Å². The fourth-order valence-corrected chi connectivity index (χ4v) is 3.88. The number of hydrogen-bond acceptors (Lipinski definition) is 6. The Bertz CT molecular complexity index is 1110. The van der Waals surface area contributed by atoms with Gasteiger partial charge in [-0.1, -0.05) is 0 Å². The van der Waals surface area contributed by atoms with Crippen molar-refractivity contribution in [2.75, 3.05) is 6.26 Å². The van der Waals surface area contributed by atoms with Crippen molar-refractivity contribution in [3.05, 3.63) is 66.6 Å². The maximum atomic E-state index is 12.4. The molecule has 0 atom stereocenters. The molecule has 0 saturated heterocycles. The molecule has 0 radical (unpaired) electrons. The second-order valence-corrected chi connectivity index (χ2v) is 9.32. The Morgan fingerprint density at radius 3 is 2.31 bits per heavy atom. The van der Waals surface area contributed by atoms with Gasteiger partial charge in [-0.2, -0.15) is 5.10 Å². The van der Waals surface area contributed by atoms with E-state index >= 15 is 0 Å². The number of rotatable bonds is 6. The maximum Gasteiger partial charge on any atom is 0.240 e. The lowest BCUT2D eigenvalue weighted by Crippen LogP contribution is -2.23. The van der Waals surface area contributed by atoms with Crippen molar-refractivity contribution < 1.29 is 16.8 Å². The number of pyridine rings is 1. The Hall–Kier alpha value is -2.56. The van der Waals surface area contributed by atoms with Crippen molar-refractivity contribution in [3.63, 3.8) is 0 Å². The predicted molar refractivity (Wildman–Crippen MR) is 94.9 cm³/mol. The van der Waals surface area contributed by atoms with Crippen LogP contribution in [0.2, 0.25) is 0 Å². The highest BCUT2D eigenvalue weighted by Gasteiger charge is 2.15. The minimum Gasteiger partial charge on any atom is -0.237 e. The summed E-state index contributed by atoms with van der Waals surface area (Å²) in [6.07, 6.45) is 5.99. The molecule has 136 valence electrons. The van der Waals surface area contributed by atoms with Gasteiger partial charge in [-0.05, 0) is 48.0 Å². The molecule has 0 unspecified atom stereocenters. The van der Waals surface area contributed by atoms with E-state index in [-0.39, 0.29) is 16.3 Å². The lowest BCUT2D eigenvalue weighted by Gasteiger charge is -2.08. The molecule has 0 amide bonds. The molecule has 1 N–H and O–H groups in total. The smallest absolute Gasteiger partial charge is 0.237 e. The van der Waals surface area contributed by atoms with Crippen LogP contribution in [0.25, 0.3) is 5.82 Å². The summed E-state index contributed by atoms with van der Waals surface area (Å²) in [6.45, 7) is 0.0625. The van der Waals surface area contributed by atoms with Gasteiger partial charge in [0, 0.05) is 31.4 Å². The molecule has 0 spiro atoms. The SMILES string of the molecule is CS(=O)(=O)c1ccc(S(=O)(=O)NCc2ccnc(-n3cccn3)c2)cc1. The summed E-state index contributed by atoms with van der Waals surface area (Å²) in [5, 5.41) is 4.08. The molecule has 0 bridgehead atoms. The van der Waals surface area contributed by atoms with Crippen LogP contribution in [0.1, 0.15) is 5.56 Å². The van der Waals surface area contributed by atoms with E-state index in [2.05, 4.69) is 14.8 Å². The summed E-state index contributed by atoms with van der Waals surface area (Å²) >= 11 is 0. The largest absolute Gasteiger partial charge is 0.240 e. The Kier molecular flexibility index (Phi) is 4.90. The predicted octanol–water partition coefficient (Wildman–Crippen LogP) is 1.15. The zero-order valence-electron chi connectivity index (χ0n) is 13.8. The Morgan fingerprint density at radius 2 is 1.69 bits per heavy atom. The van der Waals surface area contributed by atoms with Crippen LogP contribution in [0, 0.1) is 0 Å². The third-order valence-corrected chi connectivity index (χ3v) is 6.12. The number of aromatic nitrogens is 3. The molecule has 3 aromatic rings. The standard InChI is InChI=1S/C16H16N4O4S2/c1-25(21,22)14-3-5-15(6-4-14)26(23,24)19-12-13-7-9-17-16(11-13)20-10-2-8-18-20/h2-11,19H,12H2,1H3. The van der Waals surface area contributed by atoms with Gasteiger partial charge in [-0.3, -0.25) is 0 Å². The third kappa shape index (κ3) is 4.15. The van der Waals surface area contributed by atoms with E-state index in [4.69, 9.17) is 0 Å². The zero-order chi connectivity index (χ0) is 18.8. The number of hydrogen-bond donors (Lipinski definition) is 1. The fourth-order valence-electron chi connectivity index (χ4n) is 2.23. The molecule has 2 aromatic heterocycles. The van der Waals surface area contributed by atoms with E-state index in [1.807, 2.05) is 0 Å². The summed E-state index contributed by atoms with van der Waals surface area (Å²) in [6, 6.07) is 10.3. The molecule has 0 fully saturated rings. The molecular formula is C16H16N4O4S2. The van der Waals surface area contributed by atoms with Gasteiger partial charge in [-0.25, -0.2) is 31.2 Å². The first-order chi connectivity index (χ1) is 12.3. The summed E-state index contributed by atoms with van der Waals surface area (Å²) in [4.78, 5) is 4.24. The normalized spacial score (nSPS) is 12.2. The molecule has 8 nitrogen and oxygen atoms in total. The number of benzene rings is 1. The minimum atomic E-state index is -3.78. The fraction of sp³-hybridized carbons (Fsp3) is 0.125. The van der Waals surface area contributed by atoms with E-state index in [9.17, 15) is 16.8 Å². The van der Waals surface area contributed by atoms with Crippen molar-refractivity contribution in [1.29, 1.82) is 0 Å². The monoisotopic (exact) mass is 392 g/mol. The van der Waals surface area contributed by atoms with E-state index in [0.29, 0.717) is 11.4 Å². The average molecular weight is 392 g/mol. The second-order valence-electron chi connectivity index (χ2n) is 5.54. The summed E-state index contributed by atoms with van der Waals surface area (Å²) < 4.78 is 51.7. The van der Waals surface area contributed by atoms with E-state index < -0.39 is 19.9 Å². The van der Waals surface area contributed by atoms with Crippen LogP contribution in [0.15, 0.2) is 70.8 Å². The summed E-state index contributed by atoms with van der Waals surface area (Å²) in [7, 11) is -7.15. The first-order valence-corrected chi connectivity index (χ1v) is 10.9. The number of nitrogens with zero attached hydrogens (tertiary/aromatic N) is 3. The van der Waals surface area contributed by atoms with Crippen LogP contribution < -0.4 is 4.72 Å². The molecule has 0 aliphatic rings. The lowest BCUT2D eigenvalue weighted by molar-refractivity contribution is 0.580. The minimum absolute atomic E-state index is 0.00810. The molecule has 0 saturated carbocycles. The average Bonchev–Trinajstić information content (AvgIpc) is 3.14. The lowest BCUT2D eigenvalue weighted by atomic mass is 10.2. The van der Waals surface area contributed by atoms with Gasteiger partial charge in [0.1, 0.15) is 0 Å². The molecule has 2 heterocycles. The Balaban J connectivity index is 1.75. The van der Waals surface area contributed by atoms with Crippen LogP contribution in [-0.4, -0.2) is 37.9 Å². The molecular weight excluding hydrogens is 376 g/mol. The molecule has 10 heteroatoms. The highest BCUT2D eigenvalue weighted by molar-refractivity contribution is 7.90. The van der Waals surface area contributed by atoms with Crippen LogP contribution in [-0.2, 0) is 26.4 Å². The first-order valence-electron chi connectivity index (χ1n) is 7.50. The second kappa shape index (κ2) is 6.98. The van der Waals surface area contributed by atoms with Crippen LogP contribution in [0.5, 0.6) is 0 Å². The zero-order valence-corrected chi connectivity index (χ0v) is 15.4. The van der Waals surface area contributed by atoms with Gasteiger partial charge in [0.05, 0.1) is 9.79 Å². The number of nitrogens with one attached hydrogen (secondary N) is 1. The van der Waals surface area contributed by atoms with Crippen molar-refractivity contribution >= 4 is 19.9 Å². The van der Waals surface area contributed by atoms with Gasteiger partial charge >= 0.3 is 0 Å². The summed E-state index contributed by atoms with van der Waals surface area (Å²) in [5.41, 5.74) is 0.710. The van der Waals surface area contributed by atoms with Crippen molar-refractivity contribution in [3.8, 4) is 5.82 Å². The van der Waals surface area contributed by atoms with Gasteiger partial charge in [0.2, 0.25) is 10.0 Å². The van der Waals surface area contributed by atoms with E-state index in [1.54, 1.807) is 41.5 Å². The molecule has 3 rings (SSSR count). The first kappa shape index (κ1) is 18.2. The Morgan fingerprint density at radius 1 is 1.00 bits per heavy atom. The van der Waals surface area contributed by atoms with Crippen LogP contribution >= 0.6 is 0 Å². The summed E-state index contributed by atoms with van der Waals surface area (Å²) in [5.74, 6) is 0.573. The molecule has 1 aromatic carbocycles. The maximum absolute atomic E-state index is 12.4. The topological polar surface area (TPSA) is 111 Å². The highest BCUT2D eigenvalue weighted by Crippen LogP contribution is 2.15. The van der Waals surface area contributed by atoms with Crippen molar-refractivity contribution in [1.82, 2.24) is 19.5 Å². The van der Waals surface area contributed by atoms with Gasteiger partial charge in [0.15, 0.2) is 15.7 Å². The number of sulfonamides is 1. The van der Waals surface area contributed by atoms with Gasteiger partial charge in [-0.15, -0.1) is 0 Å². The quantitative estimate of drug-likeness (QED) is 0.674. The molecule has 0 aliphatic carbocycles. The third-order valence-electron chi connectivity index (χ3n) is 3.58. The van der Waals surface area contributed by atoms with Gasteiger partial charge in [0.25, 0.3) is 0 Å². The van der Waals surface area contributed by atoms with Crippen molar-refractivity contribution in [2.24, 2.45) is 0 Å². The highest BCUT2D eigenvalue weighted by atomic mass is 32.2. The van der Waals surface area contributed by atoms with Crippen LogP contribution in [0.4, 0.5) is 0 Å². The van der Waals surface area contributed by atoms with Crippen LogP contribution in [0.3, 0.4) is 0 Å². The number of sulfone groups is 1. The molecule has 26 heavy (non-hydrogen) atoms. The van der Waals surface area contributed by atoms with Gasteiger partial charge < -0.3 is 0 Å². The van der Waals surface area contributed by atoms with E-state index in [1.165, 1.54) is 24.3 Å². The Labute approximate surface area is 151 Å². The molecule has 0 aliphatic heterocycles.